The van der Waals surface area contributed by atoms with Gasteiger partial charge in [-0.2, -0.15) is 0 Å². The van der Waals surface area contributed by atoms with Gasteiger partial charge in [0.25, 0.3) is 5.69 Å². The number of hydrogen-bond acceptors (Lipinski definition) is 5. The Morgan fingerprint density at radius 3 is 2.90 bits per heavy atom. The fourth-order valence-electron chi connectivity index (χ4n) is 2.21. The number of benzene rings is 1. The highest BCUT2D eigenvalue weighted by molar-refractivity contribution is 6.00. The molecule has 0 saturated heterocycles. The van der Waals surface area contributed by atoms with Gasteiger partial charge in [0, 0.05) is 24.2 Å². The van der Waals surface area contributed by atoms with Crippen molar-refractivity contribution in [1.82, 2.24) is 0 Å². The first-order valence-electron chi connectivity index (χ1n) is 6.46. The number of nitrogens with one attached hydrogen (secondary N) is 2. The van der Waals surface area contributed by atoms with Crippen LogP contribution in [0.3, 0.4) is 0 Å². The third-order valence-corrected chi connectivity index (χ3v) is 3.24. The molecule has 21 heavy (non-hydrogen) atoms. The maximum Gasteiger partial charge on any atom is 0.303 e. The molecular weight excluding hydrogens is 278 g/mol. The van der Waals surface area contributed by atoms with Crippen molar-refractivity contribution in [3.63, 3.8) is 0 Å². The summed E-state index contributed by atoms with van der Waals surface area (Å²) in [5.41, 5.74) is 1.31. The summed E-state index contributed by atoms with van der Waals surface area (Å²) < 4.78 is 0. The lowest BCUT2D eigenvalue weighted by Gasteiger charge is -2.15. The Kier molecular flexibility index (Phi) is 4.06. The van der Waals surface area contributed by atoms with Crippen LogP contribution in [-0.2, 0) is 16.0 Å². The summed E-state index contributed by atoms with van der Waals surface area (Å²) in [7, 11) is 0. The van der Waals surface area contributed by atoms with Gasteiger partial charge in [-0.3, -0.25) is 19.7 Å². The van der Waals surface area contributed by atoms with E-state index in [-0.39, 0.29) is 36.2 Å². The van der Waals surface area contributed by atoms with Gasteiger partial charge in [0.1, 0.15) is 5.69 Å². The molecule has 0 bridgehead atoms. The summed E-state index contributed by atoms with van der Waals surface area (Å²) in [5.74, 6) is -1.12. The molecule has 1 aromatic rings. The van der Waals surface area contributed by atoms with E-state index in [1.165, 1.54) is 12.1 Å². The second-order valence-corrected chi connectivity index (χ2v) is 4.99. The van der Waals surface area contributed by atoms with E-state index in [1.807, 2.05) is 0 Å². The molecule has 3 N–H and O–H groups in total. The molecule has 112 valence electrons. The van der Waals surface area contributed by atoms with Crippen molar-refractivity contribution in [1.29, 1.82) is 0 Å². The molecule has 0 saturated carbocycles. The van der Waals surface area contributed by atoms with E-state index in [0.29, 0.717) is 17.7 Å². The van der Waals surface area contributed by atoms with Gasteiger partial charge in [0.15, 0.2) is 0 Å². The van der Waals surface area contributed by atoms with Crippen LogP contribution in [0.25, 0.3) is 0 Å². The molecule has 0 fully saturated rings. The van der Waals surface area contributed by atoms with Crippen molar-refractivity contribution in [2.24, 2.45) is 0 Å². The molecule has 1 aliphatic heterocycles. The Balaban J connectivity index is 2.22. The number of nitro groups is 1. The second-order valence-electron chi connectivity index (χ2n) is 4.99. The molecule has 0 aliphatic carbocycles. The average molecular weight is 293 g/mol. The summed E-state index contributed by atoms with van der Waals surface area (Å²) in [4.78, 5) is 32.5. The number of hydrogen-bond donors (Lipinski definition) is 3. The van der Waals surface area contributed by atoms with Crippen LogP contribution in [0.2, 0.25) is 0 Å². The van der Waals surface area contributed by atoms with Gasteiger partial charge in [0.2, 0.25) is 5.91 Å². The predicted molar refractivity (Wildman–Crippen MR) is 75.4 cm³/mol. The van der Waals surface area contributed by atoms with E-state index in [9.17, 15) is 19.7 Å². The molecular formula is C13H15N3O5. The number of aliphatic carboxylic acids is 1. The molecule has 1 aliphatic rings. The Morgan fingerprint density at radius 1 is 1.57 bits per heavy atom. The molecule has 1 aromatic carbocycles. The van der Waals surface area contributed by atoms with Gasteiger partial charge in [0.05, 0.1) is 11.3 Å². The number of rotatable bonds is 6. The van der Waals surface area contributed by atoms with Crippen LogP contribution in [0.4, 0.5) is 17.1 Å². The normalized spacial score (nSPS) is 14.2. The number of carbonyl (C=O) groups excluding carboxylic acids is 1. The average Bonchev–Trinajstić information content (AvgIpc) is 2.74. The van der Waals surface area contributed by atoms with E-state index in [0.717, 1.165) is 0 Å². The SMILES string of the molecule is CC(CCC(=O)O)Nc1cc2c(cc1[N+](=O)[O-])CC(=O)N2. The van der Waals surface area contributed by atoms with Gasteiger partial charge >= 0.3 is 5.97 Å². The summed E-state index contributed by atoms with van der Waals surface area (Å²) in [5, 5.41) is 25.3. The zero-order valence-corrected chi connectivity index (χ0v) is 11.4. The predicted octanol–water partition coefficient (Wildman–Crippen LogP) is 1.75. The summed E-state index contributed by atoms with van der Waals surface area (Å²) in [6.07, 6.45) is 0.449. The van der Waals surface area contributed by atoms with Crippen LogP contribution >= 0.6 is 0 Å². The number of carbonyl (C=O) groups is 2. The number of fused-ring (bicyclic) bond motifs is 1. The topological polar surface area (TPSA) is 122 Å². The third kappa shape index (κ3) is 3.47. The Hall–Kier alpha value is -2.64. The van der Waals surface area contributed by atoms with Crippen molar-refractivity contribution in [3.8, 4) is 0 Å². The molecule has 8 heteroatoms. The van der Waals surface area contributed by atoms with Crippen molar-refractivity contribution in [2.45, 2.75) is 32.2 Å². The first-order chi connectivity index (χ1) is 9.86. The van der Waals surface area contributed by atoms with E-state index in [2.05, 4.69) is 10.6 Å². The number of carboxylic acids is 1. The summed E-state index contributed by atoms with van der Waals surface area (Å²) in [6, 6.07) is 2.66. The molecule has 1 atom stereocenters. The first-order valence-corrected chi connectivity index (χ1v) is 6.46. The lowest BCUT2D eigenvalue weighted by molar-refractivity contribution is -0.384. The monoisotopic (exact) mass is 293 g/mol. The van der Waals surface area contributed by atoms with Gasteiger partial charge in [-0.15, -0.1) is 0 Å². The molecule has 0 aromatic heterocycles. The maximum atomic E-state index is 11.3. The van der Waals surface area contributed by atoms with Gasteiger partial charge in [-0.25, -0.2) is 0 Å². The van der Waals surface area contributed by atoms with E-state index in [4.69, 9.17) is 5.11 Å². The molecule has 2 rings (SSSR count). The molecule has 1 amide bonds. The fraction of sp³-hybridized carbons (Fsp3) is 0.385. The smallest absolute Gasteiger partial charge is 0.303 e. The number of nitrogens with zero attached hydrogens (tertiary/aromatic N) is 1. The van der Waals surface area contributed by atoms with Crippen LogP contribution < -0.4 is 10.6 Å². The Bertz CT molecular complexity index is 614. The highest BCUT2D eigenvalue weighted by atomic mass is 16.6. The van der Waals surface area contributed by atoms with E-state index in [1.54, 1.807) is 6.92 Å². The van der Waals surface area contributed by atoms with Gasteiger partial charge in [-0.1, -0.05) is 0 Å². The lowest BCUT2D eigenvalue weighted by atomic mass is 10.1. The second kappa shape index (κ2) is 5.78. The zero-order chi connectivity index (χ0) is 15.6. The lowest BCUT2D eigenvalue weighted by Crippen LogP contribution is -2.17. The fourth-order valence-corrected chi connectivity index (χ4v) is 2.21. The maximum absolute atomic E-state index is 11.3. The van der Waals surface area contributed by atoms with Crippen LogP contribution in [0.1, 0.15) is 25.3 Å². The largest absolute Gasteiger partial charge is 0.481 e. The quantitative estimate of drug-likeness (QED) is 0.542. The van der Waals surface area contributed by atoms with Gasteiger partial charge < -0.3 is 15.7 Å². The van der Waals surface area contributed by atoms with E-state index >= 15 is 0 Å². The minimum Gasteiger partial charge on any atom is -0.481 e. The van der Waals surface area contributed by atoms with Crippen LogP contribution in [0.5, 0.6) is 0 Å². The van der Waals surface area contributed by atoms with Crippen molar-refractivity contribution < 1.29 is 19.6 Å². The van der Waals surface area contributed by atoms with Crippen LogP contribution in [-0.4, -0.2) is 27.9 Å². The number of carboxylic acid groups (broad SMARTS) is 1. The van der Waals surface area contributed by atoms with E-state index < -0.39 is 10.9 Å². The van der Waals surface area contributed by atoms with Crippen molar-refractivity contribution in [3.05, 3.63) is 27.8 Å². The molecule has 1 unspecified atom stereocenters. The standard InChI is InChI=1S/C13H15N3O5/c1-7(2-3-13(18)19)14-10-6-9-8(5-12(17)15-9)4-11(10)16(20)21/h4,6-7,14H,2-3,5H2,1H3,(H,15,17)(H,18,19). The van der Waals surface area contributed by atoms with Crippen molar-refractivity contribution in [2.75, 3.05) is 10.6 Å². The number of anilines is 2. The summed E-state index contributed by atoms with van der Waals surface area (Å²) >= 11 is 0. The zero-order valence-electron chi connectivity index (χ0n) is 11.4. The molecule has 1 heterocycles. The highest BCUT2D eigenvalue weighted by Crippen LogP contribution is 2.35. The summed E-state index contributed by atoms with van der Waals surface area (Å²) in [6.45, 7) is 1.75. The third-order valence-electron chi connectivity index (χ3n) is 3.24. The van der Waals surface area contributed by atoms with Crippen LogP contribution in [0.15, 0.2) is 12.1 Å². The minimum atomic E-state index is -0.917. The molecule has 0 radical (unpaired) electrons. The molecule has 8 nitrogen and oxygen atoms in total. The Morgan fingerprint density at radius 2 is 2.29 bits per heavy atom. The number of nitro benzene ring substituents is 1. The van der Waals surface area contributed by atoms with Gasteiger partial charge in [-0.05, 0) is 25.0 Å². The van der Waals surface area contributed by atoms with Crippen LogP contribution in [0, 0.1) is 10.1 Å². The Labute approximate surface area is 120 Å². The molecule has 0 spiro atoms. The first kappa shape index (κ1) is 14.8. The highest BCUT2D eigenvalue weighted by Gasteiger charge is 2.25. The minimum absolute atomic E-state index is 0.0242. The van der Waals surface area contributed by atoms with Crippen molar-refractivity contribution >= 4 is 28.9 Å². The number of amides is 1.